The Morgan fingerprint density at radius 1 is 1.35 bits per heavy atom. The molecular formula is C10H17F2NO4. The first-order chi connectivity index (χ1) is 7.61. The van der Waals surface area contributed by atoms with Gasteiger partial charge < -0.3 is 15.2 Å². The predicted octanol–water partition coefficient (Wildman–Crippen LogP) is 2.01. The maximum atomic E-state index is 12.5. The molecule has 0 aliphatic heterocycles. The molecule has 0 aromatic carbocycles. The normalized spacial score (nSPS) is 13.3. The number of carboxylic acids is 1. The molecule has 0 saturated carbocycles. The fourth-order valence-corrected chi connectivity index (χ4v) is 0.999. The summed E-state index contributed by atoms with van der Waals surface area (Å²) in [6.07, 6.45) is -4.59. The average molecular weight is 253 g/mol. The fourth-order valence-electron chi connectivity index (χ4n) is 0.999. The van der Waals surface area contributed by atoms with Crippen molar-refractivity contribution in [1.82, 2.24) is 5.32 Å². The van der Waals surface area contributed by atoms with E-state index in [9.17, 15) is 18.4 Å². The summed E-state index contributed by atoms with van der Waals surface area (Å²) < 4.78 is 29.8. The fraction of sp³-hybridized carbons (Fsp3) is 0.800. The summed E-state index contributed by atoms with van der Waals surface area (Å²) in [6.45, 7) is 4.80. The van der Waals surface area contributed by atoms with Crippen LogP contribution in [0.2, 0.25) is 0 Å². The van der Waals surface area contributed by atoms with Crippen molar-refractivity contribution in [3.8, 4) is 0 Å². The Morgan fingerprint density at radius 2 is 1.88 bits per heavy atom. The van der Waals surface area contributed by atoms with Gasteiger partial charge in [0.25, 0.3) is 6.43 Å². The van der Waals surface area contributed by atoms with Crippen molar-refractivity contribution in [2.45, 2.75) is 51.7 Å². The summed E-state index contributed by atoms with van der Waals surface area (Å²) in [6, 6.07) is -1.51. The lowest BCUT2D eigenvalue weighted by Gasteiger charge is -2.23. The zero-order chi connectivity index (χ0) is 13.6. The molecule has 0 bridgehead atoms. The highest BCUT2D eigenvalue weighted by Crippen LogP contribution is 2.11. The average Bonchev–Trinajstić information content (AvgIpc) is 2.08. The van der Waals surface area contributed by atoms with Crippen LogP contribution >= 0.6 is 0 Å². The summed E-state index contributed by atoms with van der Waals surface area (Å²) >= 11 is 0. The van der Waals surface area contributed by atoms with Gasteiger partial charge in [-0.25, -0.2) is 13.6 Å². The Bertz CT molecular complexity index is 276. The lowest BCUT2D eigenvalue weighted by molar-refractivity contribution is -0.137. The van der Waals surface area contributed by atoms with Crippen LogP contribution in [0.1, 0.15) is 33.6 Å². The maximum absolute atomic E-state index is 12.5. The molecule has 1 atom stereocenters. The summed E-state index contributed by atoms with van der Waals surface area (Å²) in [5.41, 5.74) is -0.788. The van der Waals surface area contributed by atoms with Crippen molar-refractivity contribution < 1.29 is 28.2 Å². The number of amides is 1. The first-order valence-corrected chi connectivity index (χ1v) is 5.11. The van der Waals surface area contributed by atoms with Gasteiger partial charge in [0, 0.05) is 6.42 Å². The molecule has 0 fully saturated rings. The molecule has 0 aliphatic rings. The molecule has 0 radical (unpaired) electrons. The van der Waals surface area contributed by atoms with Crippen molar-refractivity contribution >= 4 is 12.1 Å². The minimum atomic E-state index is -2.83. The van der Waals surface area contributed by atoms with Gasteiger partial charge in [-0.15, -0.1) is 0 Å². The Hall–Kier alpha value is -1.40. The van der Waals surface area contributed by atoms with Crippen LogP contribution in [0.3, 0.4) is 0 Å². The van der Waals surface area contributed by atoms with Crippen molar-refractivity contribution in [1.29, 1.82) is 0 Å². The number of alkyl carbamates (subject to hydrolysis) is 1. The van der Waals surface area contributed by atoms with Crippen LogP contribution in [0.4, 0.5) is 13.6 Å². The second-order valence-corrected chi connectivity index (χ2v) is 4.52. The number of carbonyl (C=O) groups is 2. The van der Waals surface area contributed by atoms with Gasteiger partial charge in [-0.2, -0.15) is 0 Å². The molecular weight excluding hydrogens is 236 g/mol. The monoisotopic (exact) mass is 253 g/mol. The van der Waals surface area contributed by atoms with Crippen molar-refractivity contribution in [2.24, 2.45) is 0 Å². The Kier molecular flexibility index (Phi) is 5.84. The zero-order valence-electron chi connectivity index (χ0n) is 10.00. The minimum Gasteiger partial charge on any atom is -0.481 e. The smallest absolute Gasteiger partial charge is 0.408 e. The third kappa shape index (κ3) is 8.41. The van der Waals surface area contributed by atoms with Crippen LogP contribution in [0.5, 0.6) is 0 Å². The number of hydrogen-bond donors (Lipinski definition) is 2. The Morgan fingerprint density at radius 3 is 2.24 bits per heavy atom. The molecule has 0 aromatic heterocycles. The molecule has 0 rings (SSSR count). The number of carboxylic acid groups (broad SMARTS) is 1. The number of halogens is 2. The molecule has 0 spiro atoms. The molecule has 1 amide bonds. The topological polar surface area (TPSA) is 75.6 Å². The van der Waals surface area contributed by atoms with E-state index < -0.39 is 36.6 Å². The van der Waals surface area contributed by atoms with E-state index >= 15 is 0 Å². The third-order valence-electron chi connectivity index (χ3n) is 1.68. The van der Waals surface area contributed by atoms with E-state index in [-0.39, 0.29) is 6.42 Å². The number of ether oxygens (including phenoxy) is 1. The second kappa shape index (κ2) is 6.36. The number of hydrogen-bond acceptors (Lipinski definition) is 3. The molecule has 1 unspecified atom stereocenters. The second-order valence-electron chi connectivity index (χ2n) is 4.52. The molecule has 2 N–H and O–H groups in total. The van der Waals surface area contributed by atoms with E-state index in [2.05, 4.69) is 0 Å². The van der Waals surface area contributed by atoms with Crippen LogP contribution in [0.15, 0.2) is 0 Å². The molecule has 17 heavy (non-hydrogen) atoms. The van der Waals surface area contributed by atoms with Crippen LogP contribution in [-0.2, 0) is 9.53 Å². The van der Waals surface area contributed by atoms with E-state index in [4.69, 9.17) is 9.84 Å². The highest BCUT2D eigenvalue weighted by molar-refractivity contribution is 5.69. The van der Waals surface area contributed by atoms with Crippen LogP contribution in [-0.4, -0.2) is 35.2 Å². The standard InChI is InChI=1S/C10H17F2NO4/c1-10(2,3)17-9(16)13-6(8(11)12)4-5-7(14)15/h6,8H,4-5H2,1-3H3,(H,13,16)(H,14,15). The quantitative estimate of drug-likeness (QED) is 0.785. The van der Waals surface area contributed by atoms with Gasteiger partial charge in [-0.1, -0.05) is 0 Å². The summed E-state index contributed by atoms with van der Waals surface area (Å²) in [5, 5.41) is 10.3. The van der Waals surface area contributed by atoms with Gasteiger partial charge in [0.1, 0.15) is 5.60 Å². The van der Waals surface area contributed by atoms with E-state index in [1.807, 2.05) is 5.32 Å². The highest BCUT2D eigenvalue weighted by Gasteiger charge is 2.25. The highest BCUT2D eigenvalue weighted by atomic mass is 19.3. The van der Waals surface area contributed by atoms with Gasteiger partial charge in [0.05, 0.1) is 6.04 Å². The molecule has 0 aliphatic carbocycles. The van der Waals surface area contributed by atoms with E-state index in [1.54, 1.807) is 20.8 Å². The largest absolute Gasteiger partial charge is 0.481 e. The van der Waals surface area contributed by atoms with Gasteiger partial charge in [-0.05, 0) is 27.2 Å². The van der Waals surface area contributed by atoms with E-state index in [0.717, 1.165) is 0 Å². The minimum absolute atomic E-state index is 0.341. The van der Waals surface area contributed by atoms with Crippen molar-refractivity contribution in [3.05, 3.63) is 0 Å². The lowest BCUT2D eigenvalue weighted by Crippen LogP contribution is -2.43. The van der Waals surface area contributed by atoms with Gasteiger partial charge in [-0.3, -0.25) is 4.79 Å². The molecule has 0 saturated heterocycles. The number of alkyl halides is 2. The third-order valence-corrected chi connectivity index (χ3v) is 1.68. The summed E-state index contributed by atoms with van der Waals surface area (Å²) in [5.74, 6) is -1.19. The van der Waals surface area contributed by atoms with E-state index in [1.165, 1.54) is 0 Å². The van der Waals surface area contributed by atoms with Crippen LogP contribution in [0.25, 0.3) is 0 Å². The van der Waals surface area contributed by atoms with Crippen LogP contribution in [0, 0.1) is 0 Å². The van der Waals surface area contributed by atoms with Gasteiger partial charge in [0.15, 0.2) is 0 Å². The number of rotatable bonds is 5. The number of aliphatic carboxylic acids is 1. The molecule has 0 aromatic rings. The van der Waals surface area contributed by atoms with E-state index in [0.29, 0.717) is 0 Å². The van der Waals surface area contributed by atoms with Crippen molar-refractivity contribution in [2.75, 3.05) is 0 Å². The van der Waals surface area contributed by atoms with Gasteiger partial charge >= 0.3 is 12.1 Å². The molecule has 7 heteroatoms. The summed E-state index contributed by atoms with van der Waals surface area (Å²) in [4.78, 5) is 21.5. The lowest BCUT2D eigenvalue weighted by atomic mass is 10.1. The molecule has 0 heterocycles. The number of carbonyl (C=O) groups excluding carboxylic acids is 1. The SMILES string of the molecule is CC(C)(C)OC(=O)NC(CCC(=O)O)C(F)F. The first kappa shape index (κ1) is 15.6. The molecule has 100 valence electrons. The Labute approximate surface area is 98.1 Å². The summed E-state index contributed by atoms with van der Waals surface area (Å²) in [7, 11) is 0. The zero-order valence-corrected chi connectivity index (χ0v) is 10.00. The van der Waals surface area contributed by atoms with Crippen LogP contribution < -0.4 is 5.32 Å². The molecule has 5 nitrogen and oxygen atoms in total. The van der Waals surface area contributed by atoms with Crippen molar-refractivity contribution in [3.63, 3.8) is 0 Å². The number of nitrogens with one attached hydrogen (secondary N) is 1. The predicted molar refractivity (Wildman–Crippen MR) is 56.0 cm³/mol. The maximum Gasteiger partial charge on any atom is 0.408 e. The first-order valence-electron chi connectivity index (χ1n) is 5.11. The Balaban J connectivity index is 4.25. The van der Waals surface area contributed by atoms with Gasteiger partial charge in [0.2, 0.25) is 0 Å².